The molecule has 0 fully saturated rings. The van der Waals surface area contributed by atoms with E-state index in [9.17, 15) is 4.79 Å². The lowest BCUT2D eigenvalue weighted by Gasteiger charge is -2.25. The minimum Gasteiger partial charge on any atom is -0.497 e. The lowest BCUT2D eigenvalue weighted by atomic mass is 9.79. The highest BCUT2D eigenvalue weighted by Crippen LogP contribution is 2.46. The zero-order valence-electron chi connectivity index (χ0n) is 19.0. The van der Waals surface area contributed by atoms with E-state index < -0.39 is 17.6 Å². The average molecular weight is 440 g/mol. The first kappa shape index (κ1) is 20.9. The van der Waals surface area contributed by atoms with Crippen LogP contribution in [0.25, 0.3) is 0 Å². The molecule has 2 aliphatic heterocycles. The number of hydrogen-bond donors (Lipinski definition) is 0. The summed E-state index contributed by atoms with van der Waals surface area (Å²) < 4.78 is 11.1. The van der Waals surface area contributed by atoms with Crippen LogP contribution in [0.2, 0.25) is 0 Å². The van der Waals surface area contributed by atoms with Gasteiger partial charge in [0.05, 0.1) is 7.11 Å². The second-order valence-electron chi connectivity index (χ2n) is 8.41. The number of benzene rings is 3. The van der Waals surface area contributed by atoms with Gasteiger partial charge in [0.2, 0.25) is 5.90 Å². The predicted octanol–water partition coefficient (Wildman–Crippen LogP) is 4.84. The van der Waals surface area contributed by atoms with Crippen molar-refractivity contribution < 1.29 is 19.1 Å². The van der Waals surface area contributed by atoms with E-state index in [2.05, 4.69) is 17.3 Å². The number of esters is 1. The van der Waals surface area contributed by atoms with Gasteiger partial charge in [-0.25, -0.2) is 9.79 Å². The fraction of sp³-hybridized carbons (Fsp3) is 0.222. The van der Waals surface area contributed by atoms with Crippen LogP contribution in [0.4, 0.5) is 0 Å². The second kappa shape index (κ2) is 7.89. The molecule has 3 aromatic rings. The molecule has 5 rings (SSSR count). The van der Waals surface area contributed by atoms with Crippen molar-refractivity contribution in [1.82, 2.24) is 0 Å². The molecule has 166 valence electrons. The fourth-order valence-electron chi connectivity index (χ4n) is 4.66. The van der Waals surface area contributed by atoms with Gasteiger partial charge in [-0.05, 0) is 61.7 Å². The Labute approximate surface area is 192 Å². The molecule has 2 atom stereocenters. The zero-order valence-corrected chi connectivity index (χ0v) is 19.0. The first-order chi connectivity index (χ1) is 15.9. The third kappa shape index (κ3) is 3.30. The van der Waals surface area contributed by atoms with Crippen LogP contribution < -0.4 is 4.74 Å². The number of cyclic esters (lactones) is 1. The van der Waals surface area contributed by atoms with Crippen LogP contribution >= 0.6 is 0 Å². The number of rotatable bonds is 4. The smallest absolute Gasteiger partial charge is 0.351 e. The normalized spacial score (nSPS) is 21.5. The molecule has 0 saturated heterocycles. The molecule has 0 saturated carbocycles. The first-order valence-electron chi connectivity index (χ1n) is 10.8. The Morgan fingerprint density at radius 3 is 2.24 bits per heavy atom. The molecule has 0 unspecified atom stereocenters. The quantitative estimate of drug-likeness (QED) is 0.545. The SMILES string of the molecule is COc1ccc([C@@H]2ON=C(c3c(C)cc(C)cc3C)[C@]23N=C(c2ccccc2)OC3=O)cc1. The van der Waals surface area contributed by atoms with Gasteiger partial charge in [-0.2, -0.15) is 0 Å². The number of carbonyl (C=O) groups excluding carboxylic acids is 1. The summed E-state index contributed by atoms with van der Waals surface area (Å²) in [7, 11) is 1.61. The number of aryl methyl sites for hydroxylation is 3. The summed E-state index contributed by atoms with van der Waals surface area (Å²) in [6, 6.07) is 20.9. The molecular formula is C27H24N2O4. The van der Waals surface area contributed by atoms with Crippen molar-refractivity contribution in [2.24, 2.45) is 10.1 Å². The molecule has 6 heteroatoms. The van der Waals surface area contributed by atoms with Crippen molar-refractivity contribution in [3.8, 4) is 5.75 Å². The van der Waals surface area contributed by atoms with Crippen LogP contribution in [0.5, 0.6) is 5.75 Å². The molecule has 1 spiro atoms. The maximum Gasteiger partial charge on any atom is 0.351 e. The van der Waals surface area contributed by atoms with Gasteiger partial charge in [-0.15, -0.1) is 0 Å². The van der Waals surface area contributed by atoms with Crippen molar-refractivity contribution in [2.75, 3.05) is 7.11 Å². The van der Waals surface area contributed by atoms with Crippen LogP contribution in [0, 0.1) is 20.8 Å². The van der Waals surface area contributed by atoms with Gasteiger partial charge >= 0.3 is 5.97 Å². The summed E-state index contributed by atoms with van der Waals surface area (Å²) in [5.41, 5.74) is 4.48. The van der Waals surface area contributed by atoms with Crippen LogP contribution in [-0.4, -0.2) is 30.2 Å². The van der Waals surface area contributed by atoms with Crippen molar-refractivity contribution in [3.63, 3.8) is 0 Å². The summed E-state index contributed by atoms with van der Waals surface area (Å²) in [6.07, 6.45) is -0.771. The highest BCUT2D eigenvalue weighted by molar-refractivity contribution is 6.27. The predicted molar refractivity (Wildman–Crippen MR) is 126 cm³/mol. The summed E-state index contributed by atoms with van der Waals surface area (Å²) in [6.45, 7) is 6.06. The first-order valence-corrected chi connectivity index (χ1v) is 10.8. The number of hydrogen-bond acceptors (Lipinski definition) is 6. The molecule has 0 aromatic heterocycles. The van der Waals surface area contributed by atoms with E-state index in [1.54, 1.807) is 7.11 Å². The van der Waals surface area contributed by atoms with Gasteiger partial charge in [-0.3, -0.25) is 0 Å². The monoisotopic (exact) mass is 440 g/mol. The van der Waals surface area contributed by atoms with E-state index in [-0.39, 0.29) is 5.90 Å². The van der Waals surface area contributed by atoms with Crippen molar-refractivity contribution in [1.29, 1.82) is 0 Å². The van der Waals surface area contributed by atoms with E-state index in [1.165, 1.54) is 0 Å². The highest BCUT2D eigenvalue weighted by atomic mass is 16.7. The molecule has 0 amide bonds. The zero-order chi connectivity index (χ0) is 23.2. The van der Waals surface area contributed by atoms with Crippen molar-refractivity contribution >= 4 is 17.6 Å². The van der Waals surface area contributed by atoms with E-state index in [4.69, 9.17) is 19.3 Å². The van der Waals surface area contributed by atoms with Gasteiger partial charge < -0.3 is 14.3 Å². The number of oxime groups is 1. The van der Waals surface area contributed by atoms with E-state index >= 15 is 0 Å². The molecule has 0 bridgehead atoms. The molecule has 0 N–H and O–H groups in total. The van der Waals surface area contributed by atoms with E-state index in [1.807, 2.05) is 75.4 Å². The van der Waals surface area contributed by atoms with Crippen molar-refractivity contribution in [3.05, 3.63) is 100 Å². The number of nitrogens with zero attached hydrogens (tertiary/aromatic N) is 2. The van der Waals surface area contributed by atoms with Gasteiger partial charge in [0.25, 0.3) is 5.54 Å². The molecule has 6 nitrogen and oxygen atoms in total. The van der Waals surface area contributed by atoms with Crippen LogP contribution in [-0.2, 0) is 14.4 Å². The van der Waals surface area contributed by atoms with Gasteiger partial charge in [0.15, 0.2) is 6.10 Å². The Balaban J connectivity index is 1.71. The number of methoxy groups -OCH3 is 1. The van der Waals surface area contributed by atoms with E-state index in [0.29, 0.717) is 11.5 Å². The Bertz CT molecular complexity index is 1270. The standard InChI is InChI=1S/C27H24N2O4/c1-16-14-17(2)22(18(3)15-16)23-27(24(33-29-23)19-10-12-21(31-4)13-11-19)26(30)32-25(28-27)20-8-6-5-7-9-20/h5-15,24H,1-4H3/t24-,27-/m0/s1. The molecule has 33 heavy (non-hydrogen) atoms. The van der Waals surface area contributed by atoms with Gasteiger partial charge in [0.1, 0.15) is 11.5 Å². The maximum atomic E-state index is 13.6. The van der Waals surface area contributed by atoms with Crippen LogP contribution in [0.1, 0.15) is 39.5 Å². The lowest BCUT2D eigenvalue weighted by molar-refractivity contribution is -0.139. The Kier molecular flexibility index (Phi) is 5.01. The van der Waals surface area contributed by atoms with Crippen LogP contribution in [0.15, 0.2) is 76.9 Å². The minimum atomic E-state index is -1.45. The number of carbonyl (C=O) groups is 1. The summed E-state index contributed by atoms with van der Waals surface area (Å²) >= 11 is 0. The molecule has 0 aliphatic carbocycles. The second-order valence-corrected chi connectivity index (χ2v) is 8.41. The molecule has 2 heterocycles. The topological polar surface area (TPSA) is 69.5 Å². The van der Waals surface area contributed by atoms with Gasteiger partial charge in [-0.1, -0.05) is 53.2 Å². The van der Waals surface area contributed by atoms with Gasteiger partial charge in [0, 0.05) is 11.1 Å². The molecule has 0 radical (unpaired) electrons. The molecular weight excluding hydrogens is 416 g/mol. The largest absolute Gasteiger partial charge is 0.497 e. The summed E-state index contributed by atoms with van der Waals surface area (Å²) in [5, 5.41) is 4.45. The molecule has 3 aromatic carbocycles. The number of ether oxygens (including phenoxy) is 2. The maximum absolute atomic E-state index is 13.6. The average Bonchev–Trinajstić information content (AvgIpc) is 3.35. The van der Waals surface area contributed by atoms with Crippen molar-refractivity contribution in [2.45, 2.75) is 32.4 Å². The third-order valence-corrected chi connectivity index (χ3v) is 6.12. The lowest BCUT2D eigenvalue weighted by Crippen LogP contribution is -2.46. The minimum absolute atomic E-state index is 0.264. The third-order valence-electron chi connectivity index (χ3n) is 6.12. The van der Waals surface area contributed by atoms with Crippen LogP contribution in [0.3, 0.4) is 0 Å². The highest BCUT2D eigenvalue weighted by Gasteiger charge is 2.62. The fourth-order valence-corrected chi connectivity index (χ4v) is 4.66. The van der Waals surface area contributed by atoms with E-state index in [0.717, 1.165) is 33.4 Å². The summed E-state index contributed by atoms with van der Waals surface area (Å²) in [5.74, 6) is 0.470. The summed E-state index contributed by atoms with van der Waals surface area (Å²) in [4.78, 5) is 24.5. The molecule has 2 aliphatic rings. The Morgan fingerprint density at radius 2 is 1.61 bits per heavy atom. The number of aliphatic imine (C=N–C) groups is 1. The Morgan fingerprint density at radius 1 is 0.939 bits per heavy atom. The Hall–Kier alpha value is -3.93.